The molecule has 0 spiro atoms. The highest BCUT2D eigenvalue weighted by atomic mass is 35.5. The molecular weight excluding hydrogens is 620 g/mol. The molecule has 4 fully saturated rings. The van der Waals surface area contributed by atoms with Crippen LogP contribution < -0.4 is 22.5 Å². The van der Waals surface area contributed by atoms with E-state index >= 15 is 0 Å². The lowest BCUT2D eigenvalue weighted by atomic mass is 9.70. The largest absolute Gasteiger partial charge is 0.339 e. The highest BCUT2D eigenvalue weighted by molar-refractivity contribution is 7.15. The lowest BCUT2D eigenvalue weighted by Crippen LogP contribution is -2.70. The average molecular weight is 667 g/mol. The molecule has 0 radical (unpaired) electrons. The van der Waals surface area contributed by atoms with E-state index in [0.29, 0.717) is 6.54 Å². The zero-order chi connectivity index (χ0) is 31.1. The number of hydrogen-bond acceptors (Lipinski definition) is 11. The summed E-state index contributed by atoms with van der Waals surface area (Å²) in [4.78, 5) is 37.0. The van der Waals surface area contributed by atoms with Gasteiger partial charge in [0, 0.05) is 81.7 Å². The van der Waals surface area contributed by atoms with Crippen molar-refractivity contribution in [1.82, 2.24) is 29.7 Å². The number of halogens is 1. The molecular formula is C33H47ClN10OS. The quantitative estimate of drug-likeness (QED) is 0.296. The summed E-state index contributed by atoms with van der Waals surface area (Å²) in [5, 5.41) is 4.44. The zero-order valence-electron chi connectivity index (χ0n) is 26.6. The first-order valence-electron chi connectivity index (χ1n) is 16.5. The second-order valence-corrected chi connectivity index (χ2v) is 14.6. The number of aromatic nitrogens is 3. The minimum absolute atomic E-state index is 0. The lowest BCUT2D eigenvalue weighted by molar-refractivity contribution is -0.152. The second-order valence-electron chi connectivity index (χ2n) is 13.6. The number of rotatable bonds is 7. The molecule has 1 saturated carbocycles. The molecule has 7 N–H and O–H groups in total. The number of carbonyl (C=O) groups is 1. The monoisotopic (exact) mass is 666 g/mol. The Morgan fingerprint density at radius 2 is 1.74 bits per heavy atom. The molecule has 46 heavy (non-hydrogen) atoms. The molecule has 1 aliphatic carbocycles. The van der Waals surface area contributed by atoms with Crippen LogP contribution in [0.25, 0.3) is 10.6 Å². The molecule has 0 aromatic carbocycles. The number of nitrogens with zero attached hydrogens (tertiary/aromatic N) is 6. The van der Waals surface area contributed by atoms with Gasteiger partial charge in [-0.2, -0.15) is 0 Å². The van der Waals surface area contributed by atoms with Crippen molar-refractivity contribution in [2.24, 2.45) is 17.2 Å². The third-order valence-corrected chi connectivity index (χ3v) is 11.5. The summed E-state index contributed by atoms with van der Waals surface area (Å²) in [5.74, 6) is 2.01. The van der Waals surface area contributed by atoms with Crippen LogP contribution in [-0.2, 0) is 4.79 Å². The Labute approximate surface area is 281 Å². The summed E-state index contributed by atoms with van der Waals surface area (Å²) < 4.78 is 0. The van der Waals surface area contributed by atoms with Crippen LogP contribution in [0.2, 0.25) is 0 Å². The summed E-state index contributed by atoms with van der Waals surface area (Å²) in [6.45, 7) is 6.74. The van der Waals surface area contributed by atoms with Gasteiger partial charge in [0.1, 0.15) is 17.2 Å². The van der Waals surface area contributed by atoms with Crippen molar-refractivity contribution < 1.29 is 4.79 Å². The number of hydrogen-bond donors (Lipinski definition) is 4. The number of pyridine rings is 2. The molecule has 0 bridgehead atoms. The molecule has 6 heterocycles. The zero-order valence-corrected chi connectivity index (χ0v) is 28.2. The SMILES string of the molecule is Cc1ccnc(Nc2cccc(-c3cnc(C4CCC(C(=O)N5CCC(N)C5)(N5CCC(N)C5)C(N5CCC(N)C5)C4)s3)n2)c1.Cl. The van der Waals surface area contributed by atoms with Gasteiger partial charge in [0.25, 0.3) is 0 Å². The molecule has 13 heteroatoms. The van der Waals surface area contributed by atoms with Gasteiger partial charge < -0.3 is 27.4 Å². The van der Waals surface area contributed by atoms with Crippen LogP contribution in [0.5, 0.6) is 0 Å². The van der Waals surface area contributed by atoms with Crippen LogP contribution in [0.15, 0.2) is 42.7 Å². The Balaban J connectivity index is 0.00000372. The van der Waals surface area contributed by atoms with Gasteiger partial charge >= 0.3 is 0 Å². The first kappa shape index (κ1) is 33.2. The molecule has 248 valence electrons. The molecule has 7 rings (SSSR count). The number of anilines is 2. The van der Waals surface area contributed by atoms with Crippen LogP contribution in [0.3, 0.4) is 0 Å². The number of carbonyl (C=O) groups excluding carboxylic acids is 1. The maximum absolute atomic E-state index is 14.7. The Kier molecular flexibility index (Phi) is 9.96. The molecule has 1 amide bonds. The normalized spacial score (nSPS) is 30.4. The van der Waals surface area contributed by atoms with Crippen molar-refractivity contribution >= 4 is 41.3 Å². The second kappa shape index (κ2) is 13.8. The van der Waals surface area contributed by atoms with Crippen LogP contribution >= 0.6 is 23.7 Å². The lowest BCUT2D eigenvalue weighted by Gasteiger charge is -2.54. The maximum Gasteiger partial charge on any atom is 0.244 e. The van der Waals surface area contributed by atoms with Gasteiger partial charge in [-0.1, -0.05) is 6.07 Å². The van der Waals surface area contributed by atoms with Gasteiger partial charge in [-0.05, 0) is 75.3 Å². The predicted molar refractivity (Wildman–Crippen MR) is 185 cm³/mol. The van der Waals surface area contributed by atoms with Gasteiger partial charge in [-0.15, -0.1) is 23.7 Å². The van der Waals surface area contributed by atoms with Crippen molar-refractivity contribution in [3.63, 3.8) is 0 Å². The van der Waals surface area contributed by atoms with Crippen LogP contribution in [0.4, 0.5) is 11.6 Å². The van der Waals surface area contributed by atoms with Gasteiger partial charge in [-0.25, -0.2) is 15.0 Å². The summed E-state index contributed by atoms with van der Waals surface area (Å²) >= 11 is 1.72. The van der Waals surface area contributed by atoms with E-state index in [9.17, 15) is 4.79 Å². The third kappa shape index (κ3) is 6.53. The van der Waals surface area contributed by atoms with Crippen molar-refractivity contribution in [2.75, 3.05) is 44.6 Å². The molecule has 3 aromatic rings. The summed E-state index contributed by atoms with van der Waals surface area (Å²) in [6.07, 6.45) is 9.02. The number of aryl methyl sites for hydroxylation is 1. The topological polar surface area (TPSA) is 156 Å². The van der Waals surface area contributed by atoms with Gasteiger partial charge in [-0.3, -0.25) is 14.6 Å². The average Bonchev–Trinajstić information content (AvgIpc) is 3.85. The van der Waals surface area contributed by atoms with E-state index in [4.69, 9.17) is 27.2 Å². The van der Waals surface area contributed by atoms with E-state index in [1.54, 1.807) is 17.5 Å². The minimum atomic E-state index is -0.621. The van der Waals surface area contributed by atoms with E-state index in [-0.39, 0.29) is 48.4 Å². The molecule has 6 unspecified atom stereocenters. The van der Waals surface area contributed by atoms with E-state index in [0.717, 1.165) is 104 Å². The smallest absolute Gasteiger partial charge is 0.244 e. The van der Waals surface area contributed by atoms with E-state index in [2.05, 4.69) is 20.1 Å². The Bertz CT molecular complexity index is 1520. The summed E-state index contributed by atoms with van der Waals surface area (Å²) in [6, 6.07) is 10.3. The highest BCUT2D eigenvalue weighted by Crippen LogP contribution is 2.48. The fourth-order valence-electron chi connectivity index (χ4n) is 8.04. The molecule has 4 aliphatic rings. The summed E-state index contributed by atoms with van der Waals surface area (Å²) in [7, 11) is 0. The van der Waals surface area contributed by atoms with E-state index in [1.165, 1.54) is 0 Å². The van der Waals surface area contributed by atoms with Gasteiger partial charge in [0.05, 0.1) is 15.6 Å². The van der Waals surface area contributed by atoms with Crippen LogP contribution in [-0.4, -0.2) is 105 Å². The number of thiazole rings is 1. The van der Waals surface area contributed by atoms with Gasteiger partial charge in [0.15, 0.2) is 0 Å². The molecule has 6 atom stereocenters. The minimum Gasteiger partial charge on any atom is -0.339 e. The van der Waals surface area contributed by atoms with Crippen LogP contribution in [0, 0.1) is 6.92 Å². The summed E-state index contributed by atoms with van der Waals surface area (Å²) in [5.41, 5.74) is 20.7. The van der Waals surface area contributed by atoms with E-state index in [1.807, 2.05) is 48.4 Å². The number of likely N-dealkylation sites (tertiary alicyclic amines) is 3. The Morgan fingerprint density at radius 1 is 0.957 bits per heavy atom. The van der Waals surface area contributed by atoms with Crippen LogP contribution in [0.1, 0.15) is 55.0 Å². The standard InChI is InChI=1S/C33H46N10OS.ClH/c1-21-6-11-37-30(15-21)40-29-4-2-3-26(39-29)27-17-38-31(45-27)22-5-10-33(43-14-9-25(36)20-43,32(44)42-13-8-24(35)19-42)28(16-22)41-12-7-23(34)18-41;/h2-4,6,11,15,17,22-25,28H,5,7-10,12-14,16,18-20,34-36H2,1H3,(H,37,39,40);1H. The number of amides is 1. The van der Waals surface area contributed by atoms with E-state index < -0.39 is 5.54 Å². The predicted octanol–water partition coefficient (Wildman–Crippen LogP) is 3.07. The highest BCUT2D eigenvalue weighted by Gasteiger charge is 2.58. The number of nitrogens with one attached hydrogen (secondary N) is 1. The maximum atomic E-state index is 14.7. The molecule has 3 aliphatic heterocycles. The van der Waals surface area contributed by atoms with Crippen molar-refractivity contribution in [2.45, 2.75) is 81.1 Å². The molecule has 11 nitrogen and oxygen atoms in total. The Morgan fingerprint density at radius 3 is 2.46 bits per heavy atom. The first-order valence-corrected chi connectivity index (χ1v) is 17.3. The van der Waals surface area contributed by atoms with Crippen molar-refractivity contribution in [3.8, 4) is 10.6 Å². The molecule has 3 aromatic heterocycles. The molecule has 3 saturated heterocycles. The van der Waals surface area contributed by atoms with Crippen molar-refractivity contribution in [3.05, 3.63) is 53.3 Å². The van der Waals surface area contributed by atoms with Crippen molar-refractivity contribution in [1.29, 1.82) is 0 Å². The third-order valence-electron chi connectivity index (χ3n) is 10.3. The Hall–Kier alpha value is -2.71. The fraction of sp³-hybridized carbons (Fsp3) is 0.576. The fourth-order valence-corrected chi connectivity index (χ4v) is 9.07. The first-order chi connectivity index (χ1) is 21.8. The van der Waals surface area contributed by atoms with Gasteiger partial charge in [0.2, 0.25) is 5.91 Å². The number of nitrogens with two attached hydrogens (primary N) is 3.